The molecule has 8 nitrogen and oxygen atoms in total. The topological polar surface area (TPSA) is 79.4 Å². The van der Waals surface area contributed by atoms with Gasteiger partial charge in [-0.2, -0.15) is 0 Å². The van der Waals surface area contributed by atoms with Gasteiger partial charge < -0.3 is 19.3 Å². The molecule has 0 saturated carbocycles. The molecule has 1 saturated heterocycles. The Morgan fingerprint density at radius 3 is 2.26 bits per heavy atom. The molecule has 0 radical (unpaired) electrons. The maximum absolute atomic E-state index is 14.0. The highest BCUT2D eigenvalue weighted by Crippen LogP contribution is 2.33. The highest BCUT2D eigenvalue weighted by molar-refractivity contribution is 7.93. The Kier molecular flexibility index (Phi) is 8.38. The molecule has 202 valence electrons. The van der Waals surface area contributed by atoms with Crippen molar-refractivity contribution in [2.45, 2.75) is 18.7 Å². The molecule has 3 aromatic rings. The Hall–Kier alpha value is -3.43. The minimum absolute atomic E-state index is 0.00881. The van der Waals surface area contributed by atoms with Gasteiger partial charge in [-0.15, -0.1) is 0 Å². The largest absolute Gasteiger partial charge is 0.495 e. The number of anilines is 2. The van der Waals surface area contributed by atoms with Gasteiger partial charge in [0.1, 0.15) is 22.9 Å². The Bertz CT molecular complexity index is 1420. The first kappa shape index (κ1) is 27.6. The predicted molar refractivity (Wildman–Crippen MR) is 150 cm³/mol. The number of benzene rings is 3. The summed E-state index contributed by atoms with van der Waals surface area (Å²) in [6.07, 6.45) is 0. The number of piperazine rings is 1. The van der Waals surface area contributed by atoms with E-state index in [-0.39, 0.29) is 23.1 Å². The van der Waals surface area contributed by atoms with Crippen LogP contribution in [0.15, 0.2) is 65.6 Å². The van der Waals surface area contributed by atoms with Crippen molar-refractivity contribution in [2.75, 3.05) is 56.1 Å². The number of methoxy groups -OCH3 is 2. The monoisotopic (exact) mass is 557 g/mol. The average Bonchev–Trinajstić information content (AvgIpc) is 2.93. The van der Waals surface area contributed by atoms with Crippen LogP contribution in [0.5, 0.6) is 11.5 Å². The van der Waals surface area contributed by atoms with E-state index in [0.29, 0.717) is 36.9 Å². The summed E-state index contributed by atoms with van der Waals surface area (Å²) in [5.74, 6) is 0.682. The van der Waals surface area contributed by atoms with E-state index in [1.54, 1.807) is 55.3 Å². The van der Waals surface area contributed by atoms with Crippen LogP contribution in [0.4, 0.5) is 11.4 Å². The quantitative estimate of drug-likeness (QED) is 0.405. The number of aryl methyl sites for hydroxylation is 2. The van der Waals surface area contributed by atoms with Gasteiger partial charge in [-0.05, 0) is 61.4 Å². The zero-order valence-electron chi connectivity index (χ0n) is 22.0. The Morgan fingerprint density at radius 1 is 0.921 bits per heavy atom. The molecular formula is C28H32ClN3O5S. The number of amides is 1. The minimum atomic E-state index is -4.17. The highest BCUT2D eigenvalue weighted by atomic mass is 35.5. The third kappa shape index (κ3) is 5.68. The van der Waals surface area contributed by atoms with E-state index >= 15 is 0 Å². The van der Waals surface area contributed by atoms with Crippen LogP contribution in [-0.2, 0) is 14.8 Å². The molecule has 0 spiro atoms. The van der Waals surface area contributed by atoms with E-state index in [9.17, 15) is 13.2 Å². The first-order valence-corrected chi connectivity index (χ1v) is 14.1. The van der Waals surface area contributed by atoms with E-state index in [4.69, 9.17) is 21.1 Å². The van der Waals surface area contributed by atoms with Crippen molar-refractivity contribution in [1.82, 2.24) is 4.90 Å². The molecule has 1 amide bonds. The molecule has 1 aliphatic rings. The van der Waals surface area contributed by atoms with Crippen molar-refractivity contribution in [3.05, 3.63) is 76.8 Å². The van der Waals surface area contributed by atoms with E-state index in [1.807, 2.05) is 31.2 Å². The number of nitrogens with zero attached hydrogens (tertiary/aromatic N) is 3. The van der Waals surface area contributed by atoms with Crippen LogP contribution in [0.25, 0.3) is 0 Å². The highest BCUT2D eigenvalue weighted by Gasteiger charge is 2.33. The number of hydrogen-bond donors (Lipinski definition) is 0. The zero-order valence-corrected chi connectivity index (χ0v) is 23.6. The van der Waals surface area contributed by atoms with Crippen molar-refractivity contribution < 1.29 is 22.7 Å². The maximum atomic E-state index is 14.0. The fourth-order valence-corrected chi connectivity index (χ4v) is 6.29. The third-order valence-corrected chi connectivity index (χ3v) is 8.87. The lowest BCUT2D eigenvalue weighted by atomic mass is 10.2. The minimum Gasteiger partial charge on any atom is -0.495 e. The summed E-state index contributed by atoms with van der Waals surface area (Å²) >= 11 is 6.36. The molecule has 1 heterocycles. The average molecular weight is 558 g/mol. The van der Waals surface area contributed by atoms with Crippen LogP contribution in [0.1, 0.15) is 11.1 Å². The van der Waals surface area contributed by atoms with E-state index in [2.05, 4.69) is 4.90 Å². The number of hydrogen-bond acceptors (Lipinski definition) is 6. The number of carbonyl (C=O) groups excluding carboxylic acids is 1. The van der Waals surface area contributed by atoms with Gasteiger partial charge in [0, 0.05) is 31.2 Å². The second-order valence-electron chi connectivity index (χ2n) is 9.14. The van der Waals surface area contributed by atoms with Gasteiger partial charge in [-0.3, -0.25) is 9.10 Å². The van der Waals surface area contributed by atoms with Gasteiger partial charge in [-0.1, -0.05) is 35.9 Å². The van der Waals surface area contributed by atoms with Gasteiger partial charge in [0.15, 0.2) is 0 Å². The number of sulfonamides is 1. The lowest BCUT2D eigenvalue weighted by molar-refractivity contribution is -0.129. The van der Waals surface area contributed by atoms with Crippen LogP contribution >= 0.6 is 11.6 Å². The van der Waals surface area contributed by atoms with Gasteiger partial charge >= 0.3 is 0 Å². The molecule has 0 bridgehead atoms. The molecular weight excluding hydrogens is 526 g/mol. The SMILES string of the molecule is COc1ccccc1N1CCN(C(=O)CN(c2ccc(C)c(Cl)c2)S(=O)(=O)c2cc(C)ccc2OC)CC1. The van der Waals surface area contributed by atoms with E-state index in [1.165, 1.54) is 7.11 Å². The lowest BCUT2D eigenvalue weighted by Gasteiger charge is -2.37. The Labute approximate surface area is 229 Å². The number of halogens is 1. The molecule has 3 aromatic carbocycles. The fraction of sp³-hybridized carbons (Fsp3) is 0.321. The zero-order chi connectivity index (χ0) is 27.4. The van der Waals surface area contributed by atoms with Crippen molar-refractivity contribution in [3.63, 3.8) is 0 Å². The molecule has 1 fully saturated rings. The number of ether oxygens (including phenoxy) is 2. The van der Waals surface area contributed by atoms with Crippen molar-refractivity contribution in [2.24, 2.45) is 0 Å². The lowest BCUT2D eigenvalue weighted by Crippen LogP contribution is -2.52. The van der Waals surface area contributed by atoms with Crippen LogP contribution < -0.4 is 18.7 Å². The first-order valence-electron chi connectivity index (χ1n) is 12.2. The second kappa shape index (κ2) is 11.5. The predicted octanol–water partition coefficient (Wildman–Crippen LogP) is 4.52. The summed E-state index contributed by atoms with van der Waals surface area (Å²) in [5, 5.41) is 0.414. The van der Waals surface area contributed by atoms with Crippen molar-refractivity contribution in [1.29, 1.82) is 0 Å². The molecule has 4 rings (SSSR count). The standard InChI is InChI=1S/C28H32ClN3O5S/c1-20-9-12-26(37-4)27(17-20)38(34,35)32(22-11-10-21(2)23(29)18-22)19-28(33)31-15-13-30(14-16-31)24-7-5-6-8-25(24)36-3/h5-12,17-18H,13-16,19H2,1-4H3. The van der Waals surface area contributed by atoms with Gasteiger partial charge in [0.05, 0.1) is 25.6 Å². The summed E-state index contributed by atoms with van der Waals surface area (Å²) in [6.45, 7) is 5.37. The van der Waals surface area contributed by atoms with Crippen molar-refractivity contribution in [3.8, 4) is 11.5 Å². The second-order valence-corrected chi connectivity index (χ2v) is 11.4. The molecule has 38 heavy (non-hydrogen) atoms. The van der Waals surface area contributed by atoms with Gasteiger partial charge in [0.25, 0.3) is 10.0 Å². The van der Waals surface area contributed by atoms with Crippen LogP contribution in [-0.4, -0.2) is 66.2 Å². The Morgan fingerprint density at radius 2 is 1.61 bits per heavy atom. The maximum Gasteiger partial charge on any atom is 0.268 e. The smallest absolute Gasteiger partial charge is 0.268 e. The summed E-state index contributed by atoms with van der Waals surface area (Å²) in [6, 6.07) is 17.7. The van der Waals surface area contributed by atoms with E-state index in [0.717, 1.165) is 26.9 Å². The first-order chi connectivity index (χ1) is 18.1. The van der Waals surface area contributed by atoms with Gasteiger partial charge in [0.2, 0.25) is 5.91 Å². The van der Waals surface area contributed by atoms with Gasteiger partial charge in [-0.25, -0.2) is 8.42 Å². The molecule has 0 atom stereocenters. The summed E-state index contributed by atoms with van der Waals surface area (Å²) in [7, 11) is -1.12. The van der Waals surface area contributed by atoms with Crippen LogP contribution in [0, 0.1) is 13.8 Å². The molecule has 0 aliphatic carbocycles. The summed E-state index contributed by atoms with van der Waals surface area (Å²) in [5.41, 5.74) is 2.84. The summed E-state index contributed by atoms with van der Waals surface area (Å²) in [4.78, 5) is 17.4. The third-order valence-electron chi connectivity index (χ3n) is 6.67. The van der Waals surface area contributed by atoms with Crippen molar-refractivity contribution >= 4 is 38.9 Å². The normalized spacial score (nSPS) is 13.8. The van der Waals surface area contributed by atoms with Crippen LogP contribution in [0.3, 0.4) is 0 Å². The van der Waals surface area contributed by atoms with Crippen LogP contribution in [0.2, 0.25) is 5.02 Å². The number of rotatable bonds is 8. The fourth-order valence-electron chi connectivity index (χ4n) is 4.47. The molecule has 0 N–H and O–H groups in total. The molecule has 1 aliphatic heterocycles. The summed E-state index contributed by atoms with van der Waals surface area (Å²) < 4.78 is 40.0. The number of carbonyl (C=O) groups is 1. The van der Waals surface area contributed by atoms with E-state index < -0.39 is 10.0 Å². The Balaban J connectivity index is 1.61. The molecule has 0 aromatic heterocycles. The molecule has 0 unspecified atom stereocenters. The molecule has 10 heteroatoms. The number of para-hydroxylation sites is 2.